The van der Waals surface area contributed by atoms with Crippen LogP contribution in [-0.2, 0) is 6.54 Å². The highest BCUT2D eigenvalue weighted by Crippen LogP contribution is 2.32. The molecule has 132 valence electrons. The lowest BCUT2D eigenvalue weighted by molar-refractivity contribution is 0.174. The van der Waals surface area contributed by atoms with Gasteiger partial charge in [0.1, 0.15) is 12.4 Å². The summed E-state index contributed by atoms with van der Waals surface area (Å²) in [4.78, 5) is 11.8. The molecule has 2 aromatic rings. The minimum absolute atomic E-state index is 0.234. The van der Waals surface area contributed by atoms with E-state index >= 15 is 0 Å². The molecule has 7 heteroatoms. The van der Waals surface area contributed by atoms with Crippen LogP contribution in [-0.4, -0.2) is 26.0 Å². The largest absolute Gasteiger partial charge is 0.490 e. The van der Waals surface area contributed by atoms with Gasteiger partial charge < -0.3 is 24.8 Å². The van der Waals surface area contributed by atoms with Crippen LogP contribution in [0.3, 0.4) is 0 Å². The summed E-state index contributed by atoms with van der Waals surface area (Å²) in [6, 6.07) is 10.9. The molecule has 0 unspecified atom stereocenters. The van der Waals surface area contributed by atoms with Crippen molar-refractivity contribution < 1.29 is 19.0 Å². The van der Waals surface area contributed by atoms with E-state index in [2.05, 4.69) is 10.6 Å². The Morgan fingerprint density at radius 2 is 2.00 bits per heavy atom. The number of fused-ring (bicyclic) bond motifs is 1. The molecule has 3 rings (SSSR count). The number of halogens is 1. The summed E-state index contributed by atoms with van der Waals surface area (Å²) in [7, 11) is 0. The fourth-order valence-electron chi connectivity index (χ4n) is 2.34. The van der Waals surface area contributed by atoms with Gasteiger partial charge in [-0.25, -0.2) is 4.79 Å². The predicted molar refractivity (Wildman–Crippen MR) is 94.5 cm³/mol. The van der Waals surface area contributed by atoms with Crippen molar-refractivity contribution in [1.29, 1.82) is 0 Å². The molecule has 0 aliphatic carbocycles. The van der Waals surface area contributed by atoms with Gasteiger partial charge in [-0.15, -0.1) is 0 Å². The SMILES string of the molecule is Cc1ccc(Cl)c(OCCNC(=O)NCc2ccc3c(c2)OCO3)c1. The number of benzene rings is 2. The molecule has 1 aliphatic heterocycles. The van der Waals surface area contributed by atoms with Crippen molar-refractivity contribution in [2.45, 2.75) is 13.5 Å². The van der Waals surface area contributed by atoms with E-state index in [1.165, 1.54) is 0 Å². The van der Waals surface area contributed by atoms with Crippen molar-refractivity contribution >= 4 is 17.6 Å². The lowest BCUT2D eigenvalue weighted by Crippen LogP contribution is -2.37. The van der Waals surface area contributed by atoms with E-state index in [-0.39, 0.29) is 12.8 Å². The van der Waals surface area contributed by atoms with Gasteiger partial charge in [0, 0.05) is 6.54 Å². The van der Waals surface area contributed by atoms with Crippen LogP contribution >= 0.6 is 11.6 Å². The Balaban J connectivity index is 1.37. The van der Waals surface area contributed by atoms with E-state index < -0.39 is 0 Å². The Kier molecular flexibility index (Phi) is 5.50. The van der Waals surface area contributed by atoms with Gasteiger partial charge in [0.15, 0.2) is 11.5 Å². The van der Waals surface area contributed by atoms with Crippen molar-refractivity contribution in [2.24, 2.45) is 0 Å². The zero-order chi connectivity index (χ0) is 17.6. The quantitative estimate of drug-likeness (QED) is 0.774. The minimum Gasteiger partial charge on any atom is -0.490 e. The Hall–Kier alpha value is -2.60. The maximum Gasteiger partial charge on any atom is 0.315 e. The number of amides is 2. The Labute approximate surface area is 151 Å². The zero-order valence-corrected chi connectivity index (χ0v) is 14.6. The van der Waals surface area contributed by atoms with Crippen molar-refractivity contribution in [3.8, 4) is 17.2 Å². The zero-order valence-electron chi connectivity index (χ0n) is 13.8. The van der Waals surface area contributed by atoms with E-state index in [1.54, 1.807) is 6.07 Å². The first-order valence-electron chi connectivity index (χ1n) is 7.91. The number of urea groups is 1. The van der Waals surface area contributed by atoms with E-state index in [0.717, 1.165) is 16.9 Å². The molecule has 0 fully saturated rings. The number of carbonyl (C=O) groups is 1. The van der Waals surface area contributed by atoms with E-state index in [9.17, 15) is 4.79 Å². The summed E-state index contributed by atoms with van der Waals surface area (Å²) < 4.78 is 16.1. The fourth-order valence-corrected chi connectivity index (χ4v) is 2.51. The molecule has 0 radical (unpaired) electrons. The second-order valence-electron chi connectivity index (χ2n) is 5.58. The van der Waals surface area contributed by atoms with Crippen LogP contribution in [0.1, 0.15) is 11.1 Å². The average molecular weight is 363 g/mol. The number of hydrogen-bond acceptors (Lipinski definition) is 4. The van der Waals surface area contributed by atoms with E-state index in [4.69, 9.17) is 25.8 Å². The average Bonchev–Trinajstić information content (AvgIpc) is 3.07. The molecule has 0 bridgehead atoms. The summed E-state index contributed by atoms with van der Waals surface area (Å²) >= 11 is 6.05. The van der Waals surface area contributed by atoms with Crippen molar-refractivity contribution in [2.75, 3.05) is 19.9 Å². The third kappa shape index (κ3) is 4.70. The molecule has 1 aliphatic rings. The molecule has 25 heavy (non-hydrogen) atoms. The number of hydrogen-bond donors (Lipinski definition) is 2. The van der Waals surface area contributed by atoms with Crippen molar-refractivity contribution in [3.05, 3.63) is 52.5 Å². The summed E-state index contributed by atoms with van der Waals surface area (Å²) in [5.74, 6) is 2.03. The summed E-state index contributed by atoms with van der Waals surface area (Å²) in [6.07, 6.45) is 0. The monoisotopic (exact) mass is 362 g/mol. The van der Waals surface area contributed by atoms with Gasteiger partial charge in [0.25, 0.3) is 0 Å². The van der Waals surface area contributed by atoms with Gasteiger partial charge in [0.2, 0.25) is 6.79 Å². The van der Waals surface area contributed by atoms with E-state index in [0.29, 0.717) is 36.2 Å². The molecular formula is C18H19ClN2O4. The van der Waals surface area contributed by atoms with Crippen LogP contribution < -0.4 is 24.8 Å². The molecule has 6 nitrogen and oxygen atoms in total. The second kappa shape index (κ2) is 7.98. The number of carbonyl (C=O) groups excluding carboxylic acids is 1. The van der Waals surface area contributed by atoms with Gasteiger partial charge in [-0.3, -0.25) is 0 Å². The first-order chi connectivity index (χ1) is 12.1. The Bertz CT molecular complexity index is 767. The highest BCUT2D eigenvalue weighted by molar-refractivity contribution is 6.32. The molecule has 2 N–H and O–H groups in total. The molecule has 2 amide bonds. The number of aryl methyl sites for hydroxylation is 1. The third-order valence-corrected chi connectivity index (χ3v) is 3.93. The number of rotatable bonds is 6. The maximum absolute atomic E-state index is 11.8. The van der Waals surface area contributed by atoms with Crippen molar-refractivity contribution in [3.63, 3.8) is 0 Å². The summed E-state index contributed by atoms with van der Waals surface area (Å²) in [5, 5.41) is 6.07. The molecule has 0 saturated heterocycles. The Morgan fingerprint density at radius 1 is 1.16 bits per heavy atom. The summed E-state index contributed by atoms with van der Waals surface area (Å²) in [5.41, 5.74) is 2.00. The fraction of sp³-hybridized carbons (Fsp3) is 0.278. The van der Waals surface area contributed by atoms with Gasteiger partial charge in [-0.1, -0.05) is 23.7 Å². The number of ether oxygens (including phenoxy) is 3. The van der Waals surface area contributed by atoms with Crippen LogP contribution in [0.25, 0.3) is 0 Å². The molecule has 0 atom stereocenters. The van der Waals surface area contributed by atoms with Gasteiger partial charge in [0.05, 0.1) is 11.6 Å². The van der Waals surface area contributed by atoms with Gasteiger partial charge in [-0.2, -0.15) is 0 Å². The smallest absolute Gasteiger partial charge is 0.315 e. The lowest BCUT2D eigenvalue weighted by Gasteiger charge is -2.11. The number of nitrogens with one attached hydrogen (secondary N) is 2. The topological polar surface area (TPSA) is 68.8 Å². The molecule has 2 aromatic carbocycles. The predicted octanol–water partition coefficient (Wildman–Crippen LogP) is 3.26. The molecule has 0 saturated carbocycles. The van der Waals surface area contributed by atoms with Gasteiger partial charge in [-0.05, 0) is 42.3 Å². The Morgan fingerprint density at radius 3 is 2.88 bits per heavy atom. The minimum atomic E-state index is -0.267. The van der Waals surface area contributed by atoms with Crippen LogP contribution in [0.2, 0.25) is 5.02 Å². The molecule has 0 aromatic heterocycles. The van der Waals surface area contributed by atoms with Crippen LogP contribution in [0.5, 0.6) is 17.2 Å². The molecular weight excluding hydrogens is 344 g/mol. The summed E-state index contributed by atoms with van der Waals surface area (Å²) in [6.45, 7) is 3.30. The second-order valence-corrected chi connectivity index (χ2v) is 5.99. The van der Waals surface area contributed by atoms with Crippen LogP contribution in [0.4, 0.5) is 4.79 Å². The van der Waals surface area contributed by atoms with Gasteiger partial charge >= 0.3 is 6.03 Å². The molecule has 1 heterocycles. The lowest BCUT2D eigenvalue weighted by atomic mass is 10.2. The highest BCUT2D eigenvalue weighted by atomic mass is 35.5. The van der Waals surface area contributed by atoms with Crippen molar-refractivity contribution in [1.82, 2.24) is 10.6 Å². The molecule has 0 spiro atoms. The third-order valence-electron chi connectivity index (χ3n) is 3.62. The van der Waals surface area contributed by atoms with Crippen LogP contribution in [0, 0.1) is 6.92 Å². The standard InChI is InChI=1S/C18H19ClN2O4/c1-12-2-4-14(19)16(8-12)23-7-6-20-18(22)21-10-13-3-5-15-17(9-13)25-11-24-15/h2-5,8-9H,6-7,10-11H2,1H3,(H2,20,21,22). The maximum atomic E-state index is 11.8. The van der Waals surface area contributed by atoms with E-state index in [1.807, 2.05) is 37.3 Å². The highest BCUT2D eigenvalue weighted by Gasteiger charge is 2.13. The van der Waals surface area contributed by atoms with Crippen LogP contribution in [0.15, 0.2) is 36.4 Å². The first-order valence-corrected chi connectivity index (χ1v) is 8.29. The normalized spacial score (nSPS) is 11.9. The first kappa shape index (κ1) is 17.2.